The molecule has 1 aromatic carbocycles. The van der Waals surface area contributed by atoms with E-state index in [4.69, 9.17) is 0 Å². The van der Waals surface area contributed by atoms with Crippen LogP contribution in [0.1, 0.15) is 52.3 Å². The molecule has 0 spiro atoms. The minimum atomic E-state index is 0.395. The molecule has 2 heteroatoms. The van der Waals surface area contributed by atoms with E-state index >= 15 is 0 Å². The van der Waals surface area contributed by atoms with E-state index in [1.807, 2.05) is 11.3 Å². The van der Waals surface area contributed by atoms with Gasteiger partial charge in [-0.3, -0.25) is 0 Å². The molecule has 106 valence electrons. The summed E-state index contributed by atoms with van der Waals surface area (Å²) in [4.78, 5) is 3.11. The maximum atomic E-state index is 3.66. The lowest BCUT2D eigenvalue weighted by Gasteiger charge is -2.15. The van der Waals surface area contributed by atoms with Crippen molar-refractivity contribution < 1.29 is 0 Å². The largest absolute Gasteiger partial charge is 0.378 e. The Hall–Kier alpha value is -1.28. The molecule has 3 rings (SSSR count). The van der Waals surface area contributed by atoms with Crippen LogP contribution in [0.2, 0.25) is 0 Å². The van der Waals surface area contributed by atoms with E-state index in [1.165, 1.54) is 47.4 Å². The fourth-order valence-electron chi connectivity index (χ4n) is 3.11. The summed E-state index contributed by atoms with van der Waals surface area (Å²) in [6, 6.07) is 9.51. The second-order valence-electron chi connectivity index (χ2n) is 6.05. The monoisotopic (exact) mass is 285 g/mol. The molecular formula is C18H23NS. The Kier molecular flexibility index (Phi) is 3.84. The van der Waals surface area contributed by atoms with Crippen LogP contribution in [0.25, 0.3) is 0 Å². The lowest BCUT2D eigenvalue weighted by molar-refractivity contribution is 0.696. The predicted octanol–water partition coefficient (Wildman–Crippen LogP) is 5.42. The summed E-state index contributed by atoms with van der Waals surface area (Å²) in [7, 11) is 0. The molecule has 0 bridgehead atoms. The standard InChI is InChI=1S/C18H23NS/c1-12-8-13(2)10-16(9-12)19-14(3)18-11-15-6-4-5-7-17(15)20-18/h8-11,14,19H,4-7H2,1-3H3. The molecule has 1 aliphatic carbocycles. The first-order valence-corrected chi connectivity index (χ1v) is 8.40. The van der Waals surface area contributed by atoms with Gasteiger partial charge in [-0.05, 0) is 81.3 Å². The van der Waals surface area contributed by atoms with E-state index in [1.54, 1.807) is 10.4 Å². The number of anilines is 1. The second kappa shape index (κ2) is 5.61. The van der Waals surface area contributed by atoms with Gasteiger partial charge in [0.1, 0.15) is 0 Å². The fraction of sp³-hybridized carbons (Fsp3) is 0.444. The van der Waals surface area contributed by atoms with Crippen LogP contribution in [-0.2, 0) is 12.8 Å². The van der Waals surface area contributed by atoms with Gasteiger partial charge in [0.2, 0.25) is 0 Å². The zero-order valence-corrected chi connectivity index (χ0v) is 13.4. The lowest BCUT2D eigenvalue weighted by atomic mass is 9.99. The van der Waals surface area contributed by atoms with Crippen LogP contribution in [0.4, 0.5) is 5.69 Å². The van der Waals surface area contributed by atoms with Crippen LogP contribution in [0.3, 0.4) is 0 Å². The van der Waals surface area contributed by atoms with Gasteiger partial charge in [0.05, 0.1) is 6.04 Å². The molecule has 1 unspecified atom stereocenters. The Morgan fingerprint density at radius 3 is 2.40 bits per heavy atom. The van der Waals surface area contributed by atoms with Gasteiger partial charge in [0.25, 0.3) is 0 Å². The molecule has 0 saturated heterocycles. The molecule has 2 aromatic rings. The third kappa shape index (κ3) is 2.90. The first-order valence-electron chi connectivity index (χ1n) is 7.58. The van der Waals surface area contributed by atoms with E-state index in [2.05, 4.69) is 50.4 Å². The molecular weight excluding hydrogens is 262 g/mol. The van der Waals surface area contributed by atoms with Gasteiger partial charge >= 0.3 is 0 Å². The number of hydrogen-bond donors (Lipinski definition) is 1. The number of hydrogen-bond acceptors (Lipinski definition) is 2. The van der Waals surface area contributed by atoms with Crippen molar-refractivity contribution in [3.63, 3.8) is 0 Å². The summed E-state index contributed by atoms with van der Waals surface area (Å²) in [6.07, 6.45) is 5.30. The lowest BCUT2D eigenvalue weighted by Crippen LogP contribution is -2.05. The topological polar surface area (TPSA) is 12.0 Å². The zero-order valence-electron chi connectivity index (χ0n) is 12.6. The van der Waals surface area contributed by atoms with E-state index < -0.39 is 0 Å². The highest BCUT2D eigenvalue weighted by atomic mass is 32.1. The second-order valence-corrected chi connectivity index (χ2v) is 7.22. The van der Waals surface area contributed by atoms with Gasteiger partial charge in [-0.15, -0.1) is 11.3 Å². The van der Waals surface area contributed by atoms with E-state index in [0.717, 1.165) is 0 Å². The Morgan fingerprint density at radius 2 is 1.70 bits per heavy atom. The third-order valence-corrected chi connectivity index (χ3v) is 5.47. The van der Waals surface area contributed by atoms with Crippen LogP contribution in [-0.4, -0.2) is 0 Å². The molecule has 0 fully saturated rings. The molecule has 0 aliphatic heterocycles. The molecule has 0 saturated carbocycles. The average Bonchev–Trinajstić information content (AvgIpc) is 2.81. The highest BCUT2D eigenvalue weighted by Crippen LogP contribution is 2.34. The van der Waals surface area contributed by atoms with Gasteiger partial charge in [-0.25, -0.2) is 0 Å². The summed E-state index contributed by atoms with van der Waals surface area (Å²) >= 11 is 2.01. The molecule has 20 heavy (non-hydrogen) atoms. The number of thiophene rings is 1. The summed E-state index contributed by atoms with van der Waals surface area (Å²) in [5, 5.41) is 3.66. The first kappa shape index (κ1) is 13.7. The number of rotatable bonds is 3. The third-order valence-electron chi connectivity index (χ3n) is 4.05. The highest BCUT2D eigenvalue weighted by molar-refractivity contribution is 7.12. The SMILES string of the molecule is Cc1cc(C)cc(NC(C)c2cc3c(s2)CCCC3)c1. The number of nitrogens with one attached hydrogen (secondary N) is 1. The maximum absolute atomic E-state index is 3.66. The number of benzene rings is 1. The van der Waals surface area contributed by atoms with Crippen molar-refractivity contribution in [1.82, 2.24) is 0 Å². The van der Waals surface area contributed by atoms with Crippen LogP contribution in [0.5, 0.6) is 0 Å². The van der Waals surface area contributed by atoms with Gasteiger partial charge in [-0.2, -0.15) is 0 Å². The van der Waals surface area contributed by atoms with Crippen molar-refractivity contribution in [2.24, 2.45) is 0 Å². The predicted molar refractivity (Wildman–Crippen MR) is 88.9 cm³/mol. The molecule has 1 aromatic heterocycles. The van der Waals surface area contributed by atoms with E-state index in [9.17, 15) is 0 Å². The van der Waals surface area contributed by atoms with Crippen LogP contribution in [0.15, 0.2) is 24.3 Å². The molecule has 1 atom stereocenters. The molecule has 0 radical (unpaired) electrons. The summed E-state index contributed by atoms with van der Waals surface area (Å²) in [6.45, 7) is 6.59. The minimum absolute atomic E-state index is 0.395. The smallest absolute Gasteiger partial charge is 0.0578 e. The number of aryl methyl sites for hydroxylation is 4. The highest BCUT2D eigenvalue weighted by Gasteiger charge is 2.16. The molecule has 1 N–H and O–H groups in total. The van der Waals surface area contributed by atoms with Gasteiger partial charge in [-0.1, -0.05) is 6.07 Å². The normalized spacial score (nSPS) is 15.8. The Balaban J connectivity index is 1.78. The minimum Gasteiger partial charge on any atom is -0.378 e. The van der Waals surface area contributed by atoms with Crippen molar-refractivity contribution in [3.05, 3.63) is 50.7 Å². The zero-order chi connectivity index (χ0) is 14.1. The average molecular weight is 285 g/mol. The van der Waals surface area contributed by atoms with Crippen LogP contribution >= 0.6 is 11.3 Å². The Morgan fingerprint density at radius 1 is 1.00 bits per heavy atom. The summed E-state index contributed by atoms with van der Waals surface area (Å²) in [5.74, 6) is 0. The van der Waals surface area contributed by atoms with Crippen molar-refractivity contribution in [1.29, 1.82) is 0 Å². The van der Waals surface area contributed by atoms with Gasteiger partial charge in [0, 0.05) is 15.4 Å². The van der Waals surface area contributed by atoms with Gasteiger partial charge < -0.3 is 5.32 Å². The maximum Gasteiger partial charge on any atom is 0.0578 e. The Labute approximate surface area is 126 Å². The Bertz CT molecular complexity index is 568. The molecule has 0 amide bonds. The first-order chi connectivity index (χ1) is 9.61. The van der Waals surface area contributed by atoms with Crippen LogP contribution < -0.4 is 5.32 Å². The van der Waals surface area contributed by atoms with E-state index in [-0.39, 0.29) is 0 Å². The van der Waals surface area contributed by atoms with Crippen molar-refractivity contribution in [2.75, 3.05) is 5.32 Å². The van der Waals surface area contributed by atoms with Gasteiger partial charge in [0.15, 0.2) is 0 Å². The molecule has 1 aliphatic rings. The summed E-state index contributed by atoms with van der Waals surface area (Å²) < 4.78 is 0. The quantitative estimate of drug-likeness (QED) is 0.794. The summed E-state index contributed by atoms with van der Waals surface area (Å²) in [5.41, 5.74) is 5.49. The van der Waals surface area contributed by atoms with Crippen molar-refractivity contribution >= 4 is 17.0 Å². The van der Waals surface area contributed by atoms with E-state index in [0.29, 0.717) is 6.04 Å². The van der Waals surface area contributed by atoms with Crippen molar-refractivity contribution in [3.8, 4) is 0 Å². The fourth-order valence-corrected chi connectivity index (χ4v) is 4.37. The van der Waals surface area contributed by atoms with Crippen molar-refractivity contribution in [2.45, 2.75) is 52.5 Å². The number of fused-ring (bicyclic) bond motifs is 1. The molecule has 1 heterocycles. The van der Waals surface area contributed by atoms with Crippen LogP contribution in [0, 0.1) is 13.8 Å². The molecule has 1 nitrogen and oxygen atoms in total.